The molecule has 1 fully saturated rings. The van der Waals surface area contributed by atoms with Gasteiger partial charge in [-0.2, -0.15) is 0 Å². The zero-order valence-electron chi connectivity index (χ0n) is 8.30. The number of hydrogen-bond acceptors (Lipinski definition) is 1. The molecule has 76 valence electrons. The van der Waals surface area contributed by atoms with Gasteiger partial charge < -0.3 is 10.6 Å². The Hall–Kier alpha value is -0.730. The first-order valence-corrected chi connectivity index (χ1v) is 5.35. The Labute approximate surface area is 80.3 Å². The van der Waals surface area contributed by atoms with Gasteiger partial charge in [0.2, 0.25) is 0 Å². The number of nitrogens with two attached hydrogens (primary N) is 1. The highest BCUT2D eigenvalue weighted by Gasteiger charge is 2.09. The number of rotatable bonds is 0. The molecule has 2 amide bonds. The van der Waals surface area contributed by atoms with Crippen molar-refractivity contribution in [1.29, 1.82) is 0 Å². The van der Waals surface area contributed by atoms with E-state index >= 15 is 0 Å². The minimum Gasteiger partial charge on any atom is -0.351 e. The number of carbonyl (C=O) groups excluding carboxylic acids is 1. The van der Waals surface area contributed by atoms with Gasteiger partial charge in [-0.25, -0.2) is 4.79 Å². The van der Waals surface area contributed by atoms with E-state index in [2.05, 4.69) is 0 Å². The molecule has 13 heavy (non-hydrogen) atoms. The molecule has 1 aliphatic heterocycles. The number of nitrogens with zero attached hydrogens (tertiary/aromatic N) is 1. The zero-order valence-corrected chi connectivity index (χ0v) is 8.30. The molecule has 0 bridgehead atoms. The third kappa shape index (κ3) is 4.15. The summed E-state index contributed by atoms with van der Waals surface area (Å²) in [4.78, 5) is 12.7. The third-order valence-electron chi connectivity index (χ3n) is 2.67. The fourth-order valence-corrected chi connectivity index (χ4v) is 1.82. The summed E-state index contributed by atoms with van der Waals surface area (Å²) >= 11 is 0. The maximum atomic E-state index is 11.0. The molecule has 1 heterocycles. The van der Waals surface area contributed by atoms with E-state index in [4.69, 9.17) is 5.73 Å². The van der Waals surface area contributed by atoms with E-state index < -0.39 is 0 Å². The van der Waals surface area contributed by atoms with Crippen LogP contribution in [0.15, 0.2) is 0 Å². The molecule has 0 atom stereocenters. The van der Waals surface area contributed by atoms with Crippen molar-refractivity contribution in [1.82, 2.24) is 4.90 Å². The summed E-state index contributed by atoms with van der Waals surface area (Å²) in [6.45, 7) is 1.71. The molecule has 0 aliphatic carbocycles. The van der Waals surface area contributed by atoms with Crippen LogP contribution >= 0.6 is 0 Å². The summed E-state index contributed by atoms with van der Waals surface area (Å²) in [5.41, 5.74) is 5.26. The van der Waals surface area contributed by atoms with Gasteiger partial charge in [-0.1, -0.05) is 32.1 Å². The molecule has 0 radical (unpaired) electrons. The third-order valence-corrected chi connectivity index (χ3v) is 2.67. The Morgan fingerprint density at radius 1 is 0.846 bits per heavy atom. The lowest BCUT2D eigenvalue weighted by Crippen LogP contribution is -2.37. The van der Waals surface area contributed by atoms with Gasteiger partial charge in [0, 0.05) is 13.1 Å². The monoisotopic (exact) mass is 184 g/mol. The SMILES string of the molecule is NC(=O)N1CCCCCCCCC1. The summed E-state index contributed by atoms with van der Waals surface area (Å²) in [7, 11) is 0. The quantitative estimate of drug-likeness (QED) is 0.615. The van der Waals surface area contributed by atoms with Gasteiger partial charge in [-0.15, -0.1) is 0 Å². The van der Waals surface area contributed by atoms with Crippen molar-refractivity contribution in [2.75, 3.05) is 13.1 Å². The van der Waals surface area contributed by atoms with E-state index in [1.807, 2.05) is 0 Å². The second kappa shape index (κ2) is 5.84. The Bertz CT molecular complexity index is 149. The molecule has 0 saturated carbocycles. The average Bonchev–Trinajstić information content (AvgIpc) is 2.14. The number of hydrogen-bond donors (Lipinski definition) is 1. The molecular formula is C10H20N2O. The fraction of sp³-hybridized carbons (Fsp3) is 0.900. The van der Waals surface area contributed by atoms with Crippen molar-refractivity contribution < 1.29 is 4.79 Å². The van der Waals surface area contributed by atoms with Gasteiger partial charge in [0.1, 0.15) is 0 Å². The molecule has 0 aromatic heterocycles. The van der Waals surface area contributed by atoms with Gasteiger partial charge in [0.15, 0.2) is 0 Å². The highest BCUT2D eigenvalue weighted by Crippen LogP contribution is 2.11. The van der Waals surface area contributed by atoms with Gasteiger partial charge >= 0.3 is 6.03 Å². The number of carbonyl (C=O) groups is 1. The second-order valence-electron chi connectivity index (χ2n) is 3.80. The molecule has 0 aromatic carbocycles. The van der Waals surface area contributed by atoms with Crippen LogP contribution in [0.25, 0.3) is 0 Å². The Balaban J connectivity index is 2.30. The van der Waals surface area contributed by atoms with E-state index in [9.17, 15) is 4.79 Å². The molecule has 0 unspecified atom stereocenters. The minimum absolute atomic E-state index is 0.249. The lowest BCUT2D eigenvalue weighted by Gasteiger charge is -2.21. The average molecular weight is 184 g/mol. The van der Waals surface area contributed by atoms with Crippen LogP contribution in [0, 0.1) is 0 Å². The van der Waals surface area contributed by atoms with E-state index in [1.165, 1.54) is 32.1 Å². The van der Waals surface area contributed by atoms with Crippen LogP contribution in [0.4, 0.5) is 4.79 Å². The molecular weight excluding hydrogens is 164 g/mol. The number of primary amides is 1. The molecule has 3 nitrogen and oxygen atoms in total. The Morgan fingerprint density at radius 3 is 1.62 bits per heavy atom. The molecule has 2 N–H and O–H groups in total. The zero-order chi connectivity index (χ0) is 9.52. The van der Waals surface area contributed by atoms with Crippen molar-refractivity contribution >= 4 is 6.03 Å². The van der Waals surface area contributed by atoms with Crippen molar-refractivity contribution in [3.63, 3.8) is 0 Å². The van der Waals surface area contributed by atoms with Gasteiger partial charge in [-0.3, -0.25) is 0 Å². The first-order chi connectivity index (χ1) is 6.30. The van der Waals surface area contributed by atoms with Crippen LogP contribution in [0.1, 0.15) is 44.9 Å². The lowest BCUT2D eigenvalue weighted by molar-refractivity contribution is 0.204. The predicted octanol–water partition coefficient (Wildman–Crippen LogP) is 2.11. The van der Waals surface area contributed by atoms with Crippen LogP contribution < -0.4 is 5.73 Å². The van der Waals surface area contributed by atoms with Crippen LogP contribution in [-0.4, -0.2) is 24.0 Å². The van der Waals surface area contributed by atoms with Crippen LogP contribution in [0.2, 0.25) is 0 Å². The topological polar surface area (TPSA) is 46.3 Å². The van der Waals surface area contributed by atoms with Crippen LogP contribution in [-0.2, 0) is 0 Å². The Kier molecular flexibility index (Phi) is 4.65. The number of urea groups is 1. The summed E-state index contributed by atoms with van der Waals surface area (Å²) in [5.74, 6) is 0. The van der Waals surface area contributed by atoms with Crippen LogP contribution in [0.5, 0.6) is 0 Å². The maximum absolute atomic E-state index is 11.0. The standard InChI is InChI=1S/C10H20N2O/c11-10(13)12-8-6-4-2-1-3-5-7-9-12/h1-9H2,(H2,11,13). The van der Waals surface area contributed by atoms with Crippen molar-refractivity contribution in [2.24, 2.45) is 5.73 Å². The molecule has 1 rings (SSSR count). The summed E-state index contributed by atoms with van der Waals surface area (Å²) in [6, 6.07) is -0.249. The van der Waals surface area contributed by atoms with Gasteiger partial charge in [0.05, 0.1) is 0 Å². The first-order valence-electron chi connectivity index (χ1n) is 5.35. The van der Waals surface area contributed by atoms with E-state index in [0.717, 1.165) is 25.9 Å². The number of amides is 2. The summed E-state index contributed by atoms with van der Waals surface area (Å²) in [6.07, 6.45) is 8.69. The largest absolute Gasteiger partial charge is 0.351 e. The molecule has 3 heteroatoms. The van der Waals surface area contributed by atoms with E-state index in [-0.39, 0.29) is 6.03 Å². The minimum atomic E-state index is -0.249. The van der Waals surface area contributed by atoms with Gasteiger partial charge in [-0.05, 0) is 12.8 Å². The smallest absolute Gasteiger partial charge is 0.314 e. The normalized spacial score (nSPS) is 21.1. The molecule has 0 aromatic rings. The predicted molar refractivity (Wildman–Crippen MR) is 53.5 cm³/mol. The highest BCUT2D eigenvalue weighted by molar-refractivity contribution is 5.71. The van der Waals surface area contributed by atoms with E-state index in [0.29, 0.717) is 0 Å². The van der Waals surface area contributed by atoms with Crippen molar-refractivity contribution in [3.8, 4) is 0 Å². The fourth-order valence-electron chi connectivity index (χ4n) is 1.82. The lowest BCUT2D eigenvalue weighted by atomic mass is 10.1. The highest BCUT2D eigenvalue weighted by atomic mass is 16.2. The molecule has 0 spiro atoms. The van der Waals surface area contributed by atoms with E-state index in [1.54, 1.807) is 4.90 Å². The van der Waals surface area contributed by atoms with Crippen molar-refractivity contribution in [3.05, 3.63) is 0 Å². The first kappa shape index (κ1) is 10.4. The van der Waals surface area contributed by atoms with Gasteiger partial charge in [0.25, 0.3) is 0 Å². The molecule has 1 aliphatic rings. The van der Waals surface area contributed by atoms with Crippen LogP contribution in [0.3, 0.4) is 0 Å². The maximum Gasteiger partial charge on any atom is 0.314 e. The van der Waals surface area contributed by atoms with Crippen molar-refractivity contribution in [2.45, 2.75) is 44.9 Å². The molecule has 1 saturated heterocycles. The second-order valence-corrected chi connectivity index (χ2v) is 3.80. The summed E-state index contributed by atoms with van der Waals surface area (Å²) in [5, 5.41) is 0. The summed E-state index contributed by atoms with van der Waals surface area (Å²) < 4.78 is 0. The Morgan fingerprint density at radius 2 is 1.23 bits per heavy atom.